The van der Waals surface area contributed by atoms with E-state index in [-0.39, 0.29) is 21.4 Å². The molecule has 0 saturated carbocycles. The van der Waals surface area contributed by atoms with Crippen LogP contribution >= 0.6 is 15.2 Å². The van der Waals surface area contributed by atoms with E-state index in [1.165, 1.54) is 29.3 Å². The summed E-state index contributed by atoms with van der Waals surface area (Å²) in [5.41, 5.74) is 6.19. The maximum absolute atomic E-state index is 12.2. The number of hydrogen-bond donors (Lipinski definition) is 4. The lowest BCUT2D eigenvalue weighted by molar-refractivity contribution is 0.385. The zero-order chi connectivity index (χ0) is 27.3. The topological polar surface area (TPSA) is 115 Å². The molecule has 0 spiro atoms. The van der Waals surface area contributed by atoms with Crippen molar-refractivity contribution in [2.45, 2.75) is 65.7 Å². The third-order valence-corrected chi connectivity index (χ3v) is 8.29. The molecule has 0 fully saturated rings. The van der Waals surface area contributed by atoms with Crippen LogP contribution in [-0.4, -0.2) is 19.6 Å². The molecule has 0 aliphatic rings. The minimum Gasteiger partial charge on any atom is -0.321 e. The fourth-order valence-electron chi connectivity index (χ4n) is 4.82. The zero-order valence-corrected chi connectivity index (χ0v) is 23.7. The van der Waals surface area contributed by atoms with E-state index in [4.69, 9.17) is 0 Å². The molecule has 194 valence electrons. The van der Waals surface area contributed by atoms with Gasteiger partial charge >= 0.3 is 15.2 Å². The van der Waals surface area contributed by atoms with Crippen LogP contribution < -0.4 is 10.6 Å². The molecule has 0 saturated heterocycles. The Labute approximate surface area is 213 Å². The smallest absolute Gasteiger partial charge is 0.321 e. The molecule has 0 aromatic heterocycles. The summed E-state index contributed by atoms with van der Waals surface area (Å²) in [4.78, 5) is 38.9. The number of benzene rings is 3. The molecule has 0 radical (unpaired) electrons. The van der Waals surface area contributed by atoms with Gasteiger partial charge in [-0.15, -0.1) is 0 Å². The quantitative estimate of drug-likeness (QED) is 0.311. The van der Waals surface area contributed by atoms with Crippen molar-refractivity contribution in [3.63, 3.8) is 0 Å². The Hall–Kier alpha value is -2.04. The van der Waals surface area contributed by atoms with E-state index in [0.29, 0.717) is 11.1 Å². The van der Waals surface area contributed by atoms with E-state index in [1.807, 2.05) is 6.07 Å². The van der Waals surface area contributed by atoms with Gasteiger partial charge in [0, 0.05) is 0 Å². The van der Waals surface area contributed by atoms with Gasteiger partial charge in [0.05, 0.1) is 10.6 Å². The van der Waals surface area contributed by atoms with E-state index < -0.39 is 15.2 Å². The molecule has 0 atom stereocenters. The fraction of sp³-hybridized carbons (Fsp3) is 0.357. The lowest BCUT2D eigenvalue weighted by atomic mass is 9.72. The SMILES string of the molecule is CCc1c(C(C)(C)C)ccc(-c2cc(P(=O)(O)O)ccc2-c2ccc(P(=O)(O)O)cc2)c1C(C)(C)C. The van der Waals surface area contributed by atoms with Gasteiger partial charge in [0.1, 0.15) is 0 Å². The molecule has 3 rings (SSSR count). The first-order valence-electron chi connectivity index (χ1n) is 11.9. The first-order valence-corrected chi connectivity index (χ1v) is 15.1. The summed E-state index contributed by atoms with van der Waals surface area (Å²) in [5.74, 6) is 0. The van der Waals surface area contributed by atoms with Gasteiger partial charge in [0.2, 0.25) is 0 Å². The molecule has 8 heteroatoms. The summed E-state index contributed by atoms with van der Waals surface area (Å²) in [6, 6.07) is 14.8. The molecule has 3 aromatic carbocycles. The van der Waals surface area contributed by atoms with Crippen LogP contribution in [0, 0.1) is 0 Å². The first-order chi connectivity index (χ1) is 16.4. The predicted octanol–water partition coefficient (Wildman–Crippen LogP) is 5.78. The van der Waals surface area contributed by atoms with Crippen molar-refractivity contribution in [1.29, 1.82) is 0 Å². The zero-order valence-electron chi connectivity index (χ0n) is 21.9. The van der Waals surface area contributed by atoms with Gasteiger partial charge in [-0.05, 0) is 80.5 Å². The minimum atomic E-state index is -4.52. The van der Waals surface area contributed by atoms with E-state index in [0.717, 1.165) is 23.1 Å². The average Bonchev–Trinajstić information content (AvgIpc) is 2.75. The monoisotopic (exact) mass is 530 g/mol. The number of rotatable bonds is 5. The summed E-state index contributed by atoms with van der Waals surface area (Å²) < 4.78 is 23.9. The Kier molecular flexibility index (Phi) is 7.68. The summed E-state index contributed by atoms with van der Waals surface area (Å²) in [5, 5.41) is -0.163. The maximum atomic E-state index is 12.2. The van der Waals surface area contributed by atoms with Crippen molar-refractivity contribution in [2.24, 2.45) is 0 Å². The lowest BCUT2D eigenvalue weighted by Gasteiger charge is -2.33. The third kappa shape index (κ3) is 5.92. The molecule has 0 unspecified atom stereocenters. The molecule has 36 heavy (non-hydrogen) atoms. The highest BCUT2D eigenvalue weighted by Gasteiger charge is 2.29. The van der Waals surface area contributed by atoms with Crippen LogP contribution in [0.25, 0.3) is 22.3 Å². The highest BCUT2D eigenvalue weighted by atomic mass is 31.2. The van der Waals surface area contributed by atoms with Crippen molar-refractivity contribution in [2.75, 3.05) is 0 Å². The van der Waals surface area contributed by atoms with Crippen molar-refractivity contribution in [3.8, 4) is 22.3 Å². The van der Waals surface area contributed by atoms with Crippen LogP contribution in [0.1, 0.15) is 65.2 Å². The van der Waals surface area contributed by atoms with Crippen LogP contribution in [0.15, 0.2) is 54.6 Å². The fourth-order valence-corrected chi connectivity index (χ4v) is 5.93. The Morgan fingerprint density at radius 3 is 1.58 bits per heavy atom. The summed E-state index contributed by atoms with van der Waals surface area (Å²) >= 11 is 0. The largest absolute Gasteiger partial charge is 0.356 e. The van der Waals surface area contributed by atoms with Gasteiger partial charge < -0.3 is 19.6 Å². The highest BCUT2D eigenvalue weighted by molar-refractivity contribution is 7.60. The number of hydrogen-bond acceptors (Lipinski definition) is 2. The van der Waals surface area contributed by atoms with Crippen molar-refractivity contribution in [1.82, 2.24) is 0 Å². The predicted molar refractivity (Wildman–Crippen MR) is 147 cm³/mol. The summed E-state index contributed by atoms with van der Waals surface area (Å²) in [6.07, 6.45) is 0.803. The van der Waals surface area contributed by atoms with Crippen molar-refractivity contribution >= 4 is 25.8 Å². The van der Waals surface area contributed by atoms with Gasteiger partial charge in [-0.25, -0.2) is 0 Å². The Bertz CT molecular complexity index is 1370. The Balaban J connectivity index is 2.43. The molecule has 4 N–H and O–H groups in total. The van der Waals surface area contributed by atoms with E-state index in [2.05, 4.69) is 54.5 Å². The van der Waals surface area contributed by atoms with Gasteiger partial charge in [-0.2, -0.15) is 0 Å². The van der Waals surface area contributed by atoms with Gasteiger partial charge in [-0.3, -0.25) is 9.13 Å². The van der Waals surface area contributed by atoms with Gasteiger partial charge in [0.25, 0.3) is 0 Å². The average molecular weight is 531 g/mol. The standard InChI is InChI=1S/C28H36O6P2/c1-8-21-25(27(2,3)4)16-15-23(26(21)28(5,6)7)24-17-20(36(32,33)34)13-14-22(24)18-9-11-19(12-10-18)35(29,30)31/h9-17H,8H2,1-7H3,(H2,29,30,31)(H2,32,33,34). The molecule has 6 nitrogen and oxygen atoms in total. The molecule has 0 aliphatic carbocycles. The lowest BCUT2D eigenvalue weighted by Crippen LogP contribution is -2.22. The molecular formula is C28H36O6P2. The van der Waals surface area contributed by atoms with Gasteiger partial charge in [-0.1, -0.05) is 78.8 Å². The van der Waals surface area contributed by atoms with Crippen LogP contribution in [0.4, 0.5) is 0 Å². The summed E-state index contributed by atoms with van der Waals surface area (Å²) in [6.45, 7) is 15.1. The second-order valence-corrected chi connectivity index (χ2v) is 14.4. The van der Waals surface area contributed by atoms with Crippen LogP contribution in [-0.2, 0) is 26.4 Å². The van der Waals surface area contributed by atoms with Crippen LogP contribution in [0.2, 0.25) is 0 Å². The minimum absolute atomic E-state index is 0.0779. The van der Waals surface area contributed by atoms with E-state index >= 15 is 0 Å². The van der Waals surface area contributed by atoms with Crippen molar-refractivity contribution in [3.05, 3.63) is 71.3 Å². The molecule has 3 aromatic rings. The highest BCUT2D eigenvalue weighted by Crippen LogP contribution is 2.45. The third-order valence-electron chi connectivity index (χ3n) is 6.37. The first kappa shape index (κ1) is 28.5. The van der Waals surface area contributed by atoms with Crippen LogP contribution in [0.3, 0.4) is 0 Å². The molecule has 0 amide bonds. The van der Waals surface area contributed by atoms with E-state index in [1.54, 1.807) is 24.3 Å². The Morgan fingerprint density at radius 1 is 0.639 bits per heavy atom. The normalized spacial score (nSPS) is 13.2. The molecule has 0 bridgehead atoms. The maximum Gasteiger partial charge on any atom is 0.356 e. The molecule has 0 heterocycles. The van der Waals surface area contributed by atoms with E-state index in [9.17, 15) is 28.7 Å². The second kappa shape index (κ2) is 9.68. The van der Waals surface area contributed by atoms with Crippen molar-refractivity contribution < 1.29 is 28.7 Å². The second-order valence-electron chi connectivity index (χ2n) is 11.2. The van der Waals surface area contributed by atoms with Gasteiger partial charge in [0.15, 0.2) is 0 Å². The van der Waals surface area contributed by atoms with Crippen LogP contribution in [0.5, 0.6) is 0 Å². The summed E-state index contributed by atoms with van der Waals surface area (Å²) in [7, 11) is -8.92. The molecular weight excluding hydrogens is 494 g/mol. The molecule has 0 aliphatic heterocycles. The Morgan fingerprint density at radius 2 is 1.14 bits per heavy atom.